The lowest BCUT2D eigenvalue weighted by Crippen LogP contribution is -2.42. The molecular weight excluding hydrogens is 234 g/mol. The molecule has 0 amide bonds. The molecule has 0 aliphatic carbocycles. The summed E-state index contributed by atoms with van der Waals surface area (Å²) >= 11 is 5.96. The Hall–Kier alpha value is -0.670. The van der Waals surface area contributed by atoms with Crippen molar-refractivity contribution >= 4 is 11.6 Å². The van der Waals surface area contributed by atoms with Crippen LogP contribution in [0.3, 0.4) is 0 Å². The number of aryl methyl sites for hydroxylation is 1. The largest absolute Gasteiger partial charge is 0.293 e. The van der Waals surface area contributed by atoms with Crippen LogP contribution in [0.4, 0.5) is 0 Å². The second-order valence-corrected chi connectivity index (χ2v) is 5.47. The minimum atomic E-state index is 0.546. The smallest absolute Gasteiger partial charge is 0.144 e. The topological polar surface area (TPSA) is 29.0 Å². The maximum Gasteiger partial charge on any atom is 0.144 e. The molecule has 1 aliphatic rings. The van der Waals surface area contributed by atoms with Gasteiger partial charge in [0.05, 0.1) is 6.54 Å². The van der Waals surface area contributed by atoms with E-state index in [1.807, 2.05) is 6.92 Å². The van der Waals surface area contributed by atoms with Gasteiger partial charge in [0.25, 0.3) is 0 Å². The fourth-order valence-corrected chi connectivity index (χ4v) is 2.74. The molecule has 0 spiro atoms. The van der Waals surface area contributed by atoms with Crippen LogP contribution in [-0.4, -0.2) is 27.5 Å². The average molecular weight is 254 g/mol. The summed E-state index contributed by atoms with van der Waals surface area (Å²) in [4.78, 5) is 11.2. The molecule has 2 atom stereocenters. The summed E-state index contributed by atoms with van der Waals surface area (Å²) in [6, 6.07) is 2.40. The van der Waals surface area contributed by atoms with Gasteiger partial charge in [0.15, 0.2) is 0 Å². The molecule has 2 rings (SSSR count). The van der Waals surface area contributed by atoms with E-state index in [1.54, 1.807) is 6.07 Å². The molecule has 1 fully saturated rings. The molecule has 1 aliphatic heterocycles. The third-order valence-electron chi connectivity index (χ3n) is 3.72. The van der Waals surface area contributed by atoms with Gasteiger partial charge >= 0.3 is 0 Å². The van der Waals surface area contributed by atoms with E-state index >= 15 is 0 Å². The lowest BCUT2D eigenvalue weighted by Gasteiger charge is -2.37. The van der Waals surface area contributed by atoms with Gasteiger partial charge in [-0.25, -0.2) is 9.97 Å². The second kappa shape index (κ2) is 5.32. The van der Waals surface area contributed by atoms with Gasteiger partial charge in [-0.1, -0.05) is 18.5 Å². The summed E-state index contributed by atoms with van der Waals surface area (Å²) in [6.07, 6.45) is 2.60. The highest BCUT2D eigenvalue weighted by molar-refractivity contribution is 6.29. The first kappa shape index (κ1) is 12.8. The van der Waals surface area contributed by atoms with Crippen LogP contribution in [0.1, 0.15) is 38.2 Å². The zero-order chi connectivity index (χ0) is 12.4. The van der Waals surface area contributed by atoms with E-state index < -0.39 is 0 Å². The summed E-state index contributed by atoms with van der Waals surface area (Å²) in [7, 11) is 0. The molecule has 4 heteroatoms. The normalized spacial score (nSPS) is 26.1. The van der Waals surface area contributed by atoms with E-state index in [4.69, 9.17) is 11.6 Å². The van der Waals surface area contributed by atoms with E-state index in [9.17, 15) is 0 Å². The average Bonchev–Trinajstić information content (AvgIpc) is 2.23. The fourth-order valence-electron chi connectivity index (χ4n) is 2.49. The van der Waals surface area contributed by atoms with Crippen LogP contribution >= 0.6 is 11.6 Å². The molecule has 2 unspecified atom stereocenters. The van der Waals surface area contributed by atoms with E-state index in [0.717, 1.165) is 30.5 Å². The number of nitrogens with zero attached hydrogens (tertiary/aromatic N) is 3. The molecule has 1 aromatic heterocycles. The third kappa shape index (κ3) is 3.17. The zero-order valence-corrected chi connectivity index (χ0v) is 11.5. The summed E-state index contributed by atoms with van der Waals surface area (Å²) in [6.45, 7) is 8.52. The summed E-state index contributed by atoms with van der Waals surface area (Å²) in [5.74, 6) is 1.60. The first-order valence-electron chi connectivity index (χ1n) is 6.30. The molecule has 0 N–H and O–H groups in total. The van der Waals surface area contributed by atoms with Gasteiger partial charge in [0.2, 0.25) is 0 Å². The second-order valence-electron chi connectivity index (χ2n) is 5.08. The van der Waals surface area contributed by atoms with Crippen molar-refractivity contribution in [1.29, 1.82) is 0 Å². The Morgan fingerprint density at radius 3 is 2.88 bits per heavy atom. The Kier molecular flexibility index (Phi) is 4.00. The molecule has 0 aromatic carbocycles. The molecule has 1 saturated heterocycles. The third-order valence-corrected chi connectivity index (χ3v) is 3.91. The van der Waals surface area contributed by atoms with Crippen LogP contribution < -0.4 is 0 Å². The highest BCUT2D eigenvalue weighted by Crippen LogP contribution is 2.24. The summed E-state index contributed by atoms with van der Waals surface area (Å²) < 4.78 is 0. The van der Waals surface area contributed by atoms with Crippen molar-refractivity contribution in [3.63, 3.8) is 0 Å². The number of piperidine rings is 1. The van der Waals surface area contributed by atoms with Crippen LogP contribution in [0, 0.1) is 12.8 Å². The predicted octanol–water partition coefficient (Wildman–Crippen LogP) is 3.06. The highest BCUT2D eigenvalue weighted by Gasteiger charge is 2.25. The van der Waals surface area contributed by atoms with Gasteiger partial charge in [-0.15, -0.1) is 0 Å². The van der Waals surface area contributed by atoms with Crippen LogP contribution in [0.15, 0.2) is 6.07 Å². The summed E-state index contributed by atoms with van der Waals surface area (Å²) in [5.41, 5.74) is 0.942. The Morgan fingerprint density at radius 1 is 1.41 bits per heavy atom. The lowest BCUT2D eigenvalue weighted by atomic mass is 9.92. The van der Waals surface area contributed by atoms with Crippen molar-refractivity contribution < 1.29 is 0 Å². The van der Waals surface area contributed by atoms with Gasteiger partial charge in [0.1, 0.15) is 11.0 Å². The van der Waals surface area contributed by atoms with Crippen molar-refractivity contribution in [2.75, 3.05) is 6.54 Å². The van der Waals surface area contributed by atoms with E-state index in [-0.39, 0.29) is 0 Å². The number of rotatable bonds is 2. The first-order chi connectivity index (χ1) is 8.06. The van der Waals surface area contributed by atoms with Crippen molar-refractivity contribution in [1.82, 2.24) is 14.9 Å². The number of hydrogen-bond donors (Lipinski definition) is 0. The maximum atomic E-state index is 5.96. The molecule has 0 saturated carbocycles. The Bertz CT molecular complexity index is 374. The predicted molar refractivity (Wildman–Crippen MR) is 70.0 cm³/mol. The Labute approximate surface area is 108 Å². The molecule has 0 radical (unpaired) electrons. The van der Waals surface area contributed by atoms with E-state index in [1.165, 1.54) is 12.8 Å². The van der Waals surface area contributed by atoms with Crippen molar-refractivity contribution in [2.45, 2.75) is 46.2 Å². The van der Waals surface area contributed by atoms with Gasteiger partial charge in [-0.3, -0.25) is 4.90 Å². The van der Waals surface area contributed by atoms with Crippen LogP contribution in [-0.2, 0) is 6.54 Å². The molecule has 1 aromatic rings. The Morgan fingerprint density at radius 2 is 2.18 bits per heavy atom. The number of likely N-dealkylation sites (tertiary alicyclic amines) is 1. The highest BCUT2D eigenvalue weighted by atomic mass is 35.5. The number of halogens is 1. The standard InChI is InChI=1S/C13H20ClN3/c1-9-5-4-6-17(11(9)3)8-13-15-10(2)7-12(14)16-13/h7,9,11H,4-6,8H2,1-3H3. The number of aromatic nitrogens is 2. The first-order valence-corrected chi connectivity index (χ1v) is 6.68. The molecule has 17 heavy (non-hydrogen) atoms. The van der Waals surface area contributed by atoms with Crippen molar-refractivity contribution in [3.05, 3.63) is 22.7 Å². The van der Waals surface area contributed by atoms with Crippen molar-refractivity contribution in [3.8, 4) is 0 Å². The van der Waals surface area contributed by atoms with Gasteiger partial charge < -0.3 is 0 Å². The Balaban J connectivity index is 2.09. The van der Waals surface area contributed by atoms with Gasteiger partial charge in [-0.05, 0) is 45.2 Å². The fraction of sp³-hybridized carbons (Fsp3) is 0.692. The zero-order valence-electron chi connectivity index (χ0n) is 10.8. The minimum Gasteiger partial charge on any atom is -0.293 e. The molecule has 94 valence electrons. The van der Waals surface area contributed by atoms with Gasteiger partial charge in [-0.2, -0.15) is 0 Å². The van der Waals surface area contributed by atoms with Crippen molar-refractivity contribution in [2.24, 2.45) is 5.92 Å². The lowest BCUT2D eigenvalue weighted by molar-refractivity contribution is 0.103. The molecule has 2 heterocycles. The van der Waals surface area contributed by atoms with E-state index in [2.05, 4.69) is 28.7 Å². The van der Waals surface area contributed by atoms with Crippen LogP contribution in [0.25, 0.3) is 0 Å². The quantitative estimate of drug-likeness (QED) is 0.759. The minimum absolute atomic E-state index is 0.546. The molecular formula is C13H20ClN3. The maximum absolute atomic E-state index is 5.96. The summed E-state index contributed by atoms with van der Waals surface area (Å²) in [5, 5.41) is 0.546. The molecule has 3 nitrogen and oxygen atoms in total. The molecule has 0 bridgehead atoms. The van der Waals surface area contributed by atoms with E-state index in [0.29, 0.717) is 11.2 Å². The van der Waals surface area contributed by atoms with Crippen LogP contribution in [0.5, 0.6) is 0 Å². The number of hydrogen-bond acceptors (Lipinski definition) is 3. The monoisotopic (exact) mass is 253 g/mol. The van der Waals surface area contributed by atoms with Gasteiger partial charge in [0, 0.05) is 11.7 Å². The van der Waals surface area contributed by atoms with Crippen LogP contribution in [0.2, 0.25) is 5.15 Å². The SMILES string of the molecule is Cc1cc(Cl)nc(CN2CCCC(C)C2C)n1.